The third-order valence-corrected chi connectivity index (χ3v) is 3.43. The van der Waals surface area contributed by atoms with E-state index in [1.165, 1.54) is 30.4 Å². The predicted molar refractivity (Wildman–Crippen MR) is 54.2 cm³/mol. The minimum atomic E-state index is 0.476. The van der Waals surface area contributed by atoms with Gasteiger partial charge in [0.2, 0.25) is 0 Å². The number of hydrogen-bond acceptors (Lipinski definition) is 2. The standard InChI is InChI=1S/C12H15NO/c1-8-4-9(7-13-6-8)11-5-10-2-3-12(11)14-10/h4,6-7,10-12H,2-3,5H2,1H3. The van der Waals surface area contributed by atoms with Gasteiger partial charge in [-0.15, -0.1) is 0 Å². The van der Waals surface area contributed by atoms with Gasteiger partial charge in [0.05, 0.1) is 12.2 Å². The predicted octanol–water partition coefficient (Wildman–Crippen LogP) is 2.42. The minimum absolute atomic E-state index is 0.476. The minimum Gasteiger partial charge on any atom is -0.374 e. The lowest BCUT2D eigenvalue weighted by Crippen LogP contribution is -2.14. The molecule has 14 heavy (non-hydrogen) atoms. The van der Waals surface area contributed by atoms with Gasteiger partial charge in [-0.2, -0.15) is 0 Å². The van der Waals surface area contributed by atoms with Crippen molar-refractivity contribution in [1.82, 2.24) is 4.98 Å². The molecule has 2 aliphatic rings. The maximum absolute atomic E-state index is 5.85. The summed E-state index contributed by atoms with van der Waals surface area (Å²) in [5, 5.41) is 0. The maximum Gasteiger partial charge on any atom is 0.0649 e. The molecule has 2 aliphatic heterocycles. The monoisotopic (exact) mass is 189 g/mol. The van der Waals surface area contributed by atoms with E-state index in [4.69, 9.17) is 4.74 Å². The van der Waals surface area contributed by atoms with Crippen LogP contribution in [-0.2, 0) is 4.74 Å². The Morgan fingerprint density at radius 3 is 2.93 bits per heavy atom. The van der Waals surface area contributed by atoms with Gasteiger partial charge in [0, 0.05) is 18.3 Å². The van der Waals surface area contributed by atoms with Gasteiger partial charge in [-0.05, 0) is 37.3 Å². The summed E-state index contributed by atoms with van der Waals surface area (Å²) in [7, 11) is 0. The summed E-state index contributed by atoms with van der Waals surface area (Å²) >= 11 is 0. The van der Waals surface area contributed by atoms with Gasteiger partial charge in [-0.1, -0.05) is 6.07 Å². The quantitative estimate of drug-likeness (QED) is 0.677. The third kappa shape index (κ3) is 1.25. The Hall–Kier alpha value is -0.890. The summed E-state index contributed by atoms with van der Waals surface area (Å²) in [6.07, 6.45) is 8.63. The second-order valence-corrected chi connectivity index (χ2v) is 4.51. The fraction of sp³-hybridized carbons (Fsp3) is 0.583. The average Bonchev–Trinajstić information content (AvgIpc) is 2.78. The number of aromatic nitrogens is 1. The number of pyridine rings is 1. The Bertz CT molecular complexity index is 350. The van der Waals surface area contributed by atoms with Crippen molar-refractivity contribution in [3.05, 3.63) is 29.6 Å². The Balaban J connectivity index is 1.89. The van der Waals surface area contributed by atoms with Crippen LogP contribution in [0.15, 0.2) is 18.5 Å². The van der Waals surface area contributed by atoms with Gasteiger partial charge in [0.25, 0.3) is 0 Å². The maximum atomic E-state index is 5.85. The topological polar surface area (TPSA) is 22.1 Å². The van der Waals surface area contributed by atoms with Gasteiger partial charge in [-0.25, -0.2) is 0 Å². The Morgan fingerprint density at radius 1 is 1.36 bits per heavy atom. The van der Waals surface area contributed by atoms with E-state index in [2.05, 4.69) is 18.0 Å². The van der Waals surface area contributed by atoms with Crippen LogP contribution in [0.2, 0.25) is 0 Å². The van der Waals surface area contributed by atoms with E-state index in [0.717, 1.165) is 0 Å². The normalized spacial score (nSPS) is 35.1. The molecule has 0 saturated carbocycles. The van der Waals surface area contributed by atoms with E-state index in [1.54, 1.807) is 0 Å². The van der Waals surface area contributed by atoms with E-state index >= 15 is 0 Å². The van der Waals surface area contributed by atoms with Crippen LogP contribution >= 0.6 is 0 Å². The first kappa shape index (κ1) is 8.42. The number of rotatable bonds is 1. The van der Waals surface area contributed by atoms with E-state index in [-0.39, 0.29) is 0 Å². The molecule has 0 aliphatic carbocycles. The zero-order valence-electron chi connectivity index (χ0n) is 8.44. The number of fused-ring (bicyclic) bond motifs is 2. The molecule has 3 rings (SSSR count). The highest BCUT2D eigenvalue weighted by Crippen LogP contribution is 2.44. The number of nitrogens with zero attached hydrogens (tertiary/aromatic N) is 1. The molecular formula is C12H15NO. The van der Waals surface area contributed by atoms with Crippen molar-refractivity contribution in [1.29, 1.82) is 0 Å². The van der Waals surface area contributed by atoms with E-state index in [9.17, 15) is 0 Å². The number of aryl methyl sites for hydroxylation is 1. The van der Waals surface area contributed by atoms with Crippen LogP contribution in [0.4, 0.5) is 0 Å². The van der Waals surface area contributed by atoms with Crippen molar-refractivity contribution < 1.29 is 4.74 Å². The second kappa shape index (κ2) is 3.06. The summed E-state index contributed by atoms with van der Waals surface area (Å²) in [4.78, 5) is 4.26. The molecule has 3 heterocycles. The van der Waals surface area contributed by atoms with Crippen LogP contribution in [-0.4, -0.2) is 17.2 Å². The van der Waals surface area contributed by atoms with Gasteiger partial charge in [0.1, 0.15) is 0 Å². The molecule has 0 amide bonds. The van der Waals surface area contributed by atoms with Gasteiger partial charge in [-0.3, -0.25) is 4.98 Å². The molecule has 2 fully saturated rings. The van der Waals surface area contributed by atoms with Crippen LogP contribution in [0.3, 0.4) is 0 Å². The van der Waals surface area contributed by atoms with E-state index < -0.39 is 0 Å². The van der Waals surface area contributed by atoms with Crippen molar-refractivity contribution in [3.8, 4) is 0 Å². The Kier molecular flexibility index (Phi) is 1.84. The highest BCUT2D eigenvalue weighted by molar-refractivity contribution is 5.24. The van der Waals surface area contributed by atoms with Crippen molar-refractivity contribution in [2.24, 2.45) is 0 Å². The molecule has 3 atom stereocenters. The highest BCUT2D eigenvalue weighted by atomic mass is 16.5. The Labute approximate surface area is 84.3 Å². The molecule has 3 unspecified atom stereocenters. The summed E-state index contributed by atoms with van der Waals surface area (Å²) in [6.45, 7) is 2.10. The van der Waals surface area contributed by atoms with E-state index in [1.807, 2.05) is 12.4 Å². The molecule has 74 valence electrons. The Morgan fingerprint density at radius 2 is 2.29 bits per heavy atom. The van der Waals surface area contributed by atoms with Crippen molar-refractivity contribution in [2.75, 3.05) is 0 Å². The first-order valence-corrected chi connectivity index (χ1v) is 5.40. The fourth-order valence-corrected chi connectivity index (χ4v) is 2.77. The number of ether oxygens (including phenoxy) is 1. The van der Waals surface area contributed by atoms with Crippen LogP contribution in [0, 0.1) is 6.92 Å². The summed E-state index contributed by atoms with van der Waals surface area (Å²) < 4.78 is 5.85. The molecule has 2 saturated heterocycles. The lowest BCUT2D eigenvalue weighted by Gasteiger charge is -2.18. The van der Waals surface area contributed by atoms with Crippen molar-refractivity contribution >= 4 is 0 Å². The average molecular weight is 189 g/mol. The molecule has 0 radical (unpaired) electrons. The largest absolute Gasteiger partial charge is 0.374 e. The molecule has 0 aromatic carbocycles. The van der Waals surface area contributed by atoms with Crippen molar-refractivity contribution in [3.63, 3.8) is 0 Å². The van der Waals surface area contributed by atoms with Gasteiger partial charge >= 0.3 is 0 Å². The molecule has 0 spiro atoms. The van der Waals surface area contributed by atoms with Crippen molar-refractivity contribution in [2.45, 2.75) is 44.3 Å². The molecule has 0 N–H and O–H groups in total. The summed E-state index contributed by atoms with van der Waals surface area (Å²) in [6, 6.07) is 2.25. The van der Waals surface area contributed by atoms with Crippen LogP contribution in [0.1, 0.15) is 36.3 Å². The zero-order valence-corrected chi connectivity index (χ0v) is 8.44. The van der Waals surface area contributed by atoms with Crippen LogP contribution < -0.4 is 0 Å². The summed E-state index contributed by atoms with van der Waals surface area (Å²) in [5.74, 6) is 0.612. The van der Waals surface area contributed by atoms with Gasteiger partial charge in [0.15, 0.2) is 0 Å². The SMILES string of the molecule is Cc1cncc(C2CC3CCC2O3)c1. The molecule has 2 bridgehead atoms. The first-order valence-electron chi connectivity index (χ1n) is 5.40. The van der Waals surface area contributed by atoms with Gasteiger partial charge < -0.3 is 4.74 Å². The molecule has 2 nitrogen and oxygen atoms in total. The second-order valence-electron chi connectivity index (χ2n) is 4.51. The lowest BCUT2D eigenvalue weighted by molar-refractivity contribution is 0.101. The molecular weight excluding hydrogens is 174 g/mol. The van der Waals surface area contributed by atoms with Crippen LogP contribution in [0.5, 0.6) is 0 Å². The first-order chi connectivity index (χ1) is 6.83. The van der Waals surface area contributed by atoms with Crippen LogP contribution in [0.25, 0.3) is 0 Å². The molecule has 2 heteroatoms. The zero-order chi connectivity index (χ0) is 9.54. The fourth-order valence-electron chi connectivity index (χ4n) is 2.77. The molecule has 1 aromatic rings. The smallest absolute Gasteiger partial charge is 0.0649 e. The highest BCUT2D eigenvalue weighted by Gasteiger charge is 2.41. The third-order valence-electron chi connectivity index (χ3n) is 3.43. The number of hydrogen-bond donors (Lipinski definition) is 0. The van der Waals surface area contributed by atoms with E-state index in [0.29, 0.717) is 18.1 Å². The summed E-state index contributed by atoms with van der Waals surface area (Å²) in [5.41, 5.74) is 2.63. The molecule has 1 aromatic heterocycles. The lowest BCUT2D eigenvalue weighted by atomic mass is 9.84.